The number of nitrogens with one attached hydrogen (secondary N) is 1. The second-order valence-corrected chi connectivity index (χ2v) is 4.29. The van der Waals surface area contributed by atoms with Gasteiger partial charge in [-0.2, -0.15) is 0 Å². The molecule has 1 aromatic carbocycles. The molecular formula is C15H21NO2. The molecule has 0 aliphatic carbocycles. The lowest BCUT2D eigenvalue weighted by atomic mass is 10.1. The summed E-state index contributed by atoms with van der Waals surface area (Å²) in [5.74, 6) is 0.871. The van der Waals surface area contributed by atoms with Gasteiger partial charge in [-0.15, -0.1) is 6.58 Å². The molecule has 0 spiro atoms. The van der Waals surface area contributed by atoms with Crippen molar-refractivity contribution < 1.29 is 9.53 Å². The molecule has 1 aromatic rings. The minimum atomic E-state index is 0.0159. The van der Waals surface area contributed by atoms with E-state index >= 15 is 0 Å². The van der Waals surface area contributed by atoms with Gasteiger partial charge in [-0.3, -0.25) is 4.79 Å². The predicted molar refractivity (Wildman–Crippen MR) is 73.9 cm³/mol. The van der Waals surface area contributed by atoms with Gasteiger partial charge in [-0.05, 0) is 37.5 Å². The molecule has 0 saturated carbocycles. The Hall–Kier alpha value is -1.77. The van der Waals surface area contributed by atoms with Crippen LogP contribution in [0.5, 0.6) is 5.75 Å². The fourth-order valence-corrected chi connectivity index (χ4v) is 1.52. The maximum absolute atomic E-state index is 11.4. The SMILES string of the molecule is C=CCCNC(=O)CCOc1cc(C)ccc1C. The molecule has 98 valence electrons. The van der Waals surface area contributed by atoms with Crippen molar-refractivity contribution in [3.63, 3.8) is 0 Å². The summed E-state index contributed by atoms with van der Waals surface area (Å²) >= 11 is 0. The van der Waals surface area contributed by atoms with E-state index in [4.69, 9.17) is 4.74 Å². The smallest absolute Gasteiger partial charge is 0.223 e. The minimum absolute atomic E-state index is 0.0159. The lowest BCUT2D eigenvalue weighted by molar-refractivity contribution is -0.121. The zero-order valence-electron chi connectivity index (χ0n) is 11.2. The third kappa shape index (κ3) is 5.04. The van der Waals surface area contributed by atoms with Crippen LogP contribution in [0.25, 0.3) is 0 Å². The Morgan fingerprint density at radius 1 is 1.44 bits per heavy atom. The molecule has 0 heterocycles. The van der Waals surface area contributed by atoms with Crippen LogP contribution in [-0.4, -0.2) is 19.1 Å². The van der Waals surface area contributed by atoms with Crippen LogP contribution in [0.15, 0.2) is 30.9 Å². The molecule has 0 saturated heterocycles. The Bertz CT molecular complexity index is 413. The fourth-order valence-electron chi connectivity index (χ4n) is 1.52. The number of hydrogen-bond donors (Lipinski definition) is 1. The number of carbonyl (C=O) groups excluding carboxylic acids is 1. The summed E-state index contributed by atoms with van der Waals surface area (Å²) in [4.78, 5) is 11.4. The Balaban J connectivity index is 2.30. The van der Waals surface area contributed by atoms with Crippen LogP contribution >= 0.6 is 0 Å². The van der Waals surface area contributed by atoms with Crippen LogP contribution in [0, 0.1) is 13.8 Å². The summed E-state index contributed by atoms with van der Waals surface area (Å²) in [7, 11) is 0. The van der Waals surface area contributed by atoms with Gasteiger partial charge in [0.2, 0.25) is 5.91 Å². The van der Waals surface area contributed by atoms with Crippen LogP contribution < -0.4 is 10.1 Å². The third-order valence-electron chi connectivity index (χ3n) is 2.60. The normalized spacial score (nSPS) is 9.89. The van der Waals surface area contributed by atoms with Gasteiger partial charge >= 0.3 is 0 Å². The standard InChI is InChI=1S/C15H21NO2/c1-4-5-9-16-15(17)8-10-18-14-11-12(2)6-7-13(14)3/h4,6-7,11H,1,5,8-10H2,2-3H3,(H,16,17). The van der Waals surface area contributed by atoms with Crippen LogP contribution in [0.4, 0.5) is 0 Å². The van der Waals surface area contributed by atoms with Crippen LogP contribution in [0.2, 0.25) is 0 Å². The molecule has 0 fully saturated rings. The zero-order chi connectivity index (χ0) is 13.4. The van der Waals surface area contributed by atoms with E-state index in [0.29, 0.717) is 19.6 Å². The first kappa shape index (κ1) is 14.3. The summed E-state index contributed by atoms with van der Waals surface area (Å²) in [6, 6.07) is 6.06. The molecule has 1 N–H and O–H groups in total. The largest absolute Gasteiger partial charge is 0.493 e. The molecule has 1 rings (SSSR count). The lowest BCUT2D eigenvalue weighted by Gasteiger charge is -2.10. The number of ether oxygens (including phenoxy) is 1. The molecular weight excluding hydrogens is 226 g/mol. The predicted octanol–water partition coefficient (Wildman–Crippen LogP) is 2.76. The van der Waals surface area contributed by atoms with E-state index in [-0.39, 0.29) is 5.91 Å². The van der Waals surface area contributed by atoms with Gasteiger partial charge in [0.25, 0.3) is 0 Å². The molecule has 0 bridgehead atoms. The van der Waals surface area contributed by atoms with E-state index < -0.39 is 0 Å². The van der Waals surface area contributed by atoms with Crippen molar-refractivity contribution in [1.82, 2.24) is 5.32 Å². The van der Waals surface area contributed by atoms with Crippen LogP contribution in [-0.2, 0) is 4.79 Å². The Morgan fingerprint density at radius 3 is 2.94 bits per heavy atom. The van der Waals surface area contributed by atoms with E-state index in [0.717, 1.165) is 23.3 Å². The number of hydrogen-bond acceptors (Lipinski definition) is 2. The van der Waals surface area contributed by atoms with Crippen LogP contribution in [0.1, 0.15) is 24.0 Å². The highest BCUT2D eigenvalue weighted by Gasteiger charge is 2.03. The number of carbonyl (C=O) groups is 1. The summed E-state index contributed by atoms with van der Waals surface area (Å²) < 4.78 is 5.61. The number of rotatable bonds is 7. The van der Waals surface area contributed by atoms with Crippen molar-refractivity contribution in [2.45, 2.75) is 26.7 Å². The molecule has 0 radical (unpaired) electrons. The summed E-state index contributed by atoms with van der Waals surface area (Å²) in [6.45, 7) is 8.67. The summed E-state index contributed by atoms with van der Waals surface area (Å²) in [6.07, 6.45) is 2.96. The molecule has 1 amide bonds. The first-order valence-corrected chi connectivity index (χ1v) is 6.21. The first-order chi connectivity index (χ1) is 8.63. The van der Waals surface area contributed by atoms with Crippen LogP contribution in [0.3, 0.4) is 0 Å². The number of aryl methyl sites for hydroxylation is 2. The van der Waals surface area contributed by atoms with E-state index in [2.05, 4.69) is 11.9 Å². The van der Waals surface area contributed by atoms with Crippen molar-refractivity contribution in [3.05, 3.63) is 42.0 Å². The average molecular weight is 247 g/mol. The van der Waals surface area contributed by atoms with E-state index in [1.807, 2.05) is 32.0 Å². The Morgan fingerprint density at radius 2 is 2.22 bits per heavy atom. The maximum atomic E-state index is 11.4. The second-order valence-electron chi connectivity index (χ2n) is 4.29. The molecule has 0 aliphatic rings. The molecule has 3 heteroatoms. The van der Waals surface area contributed by atoms with Crippen molar-refractivity contribution in [1.29, 1.82) is 0 Å². The minimum Gasteiger partial charge on any atom is -0.493 e. The lowest BCUT2D eigenvalue weighted by Crippen LogP contribution is -2.25. The topological polar surface area (TPSA) is 38.3 Å². The van der Waals surface area contributed by atoms with Gasteiger partial charge in [-0.25, -0.2) is 0 Å². The maximum Gasteiger partial charge on any atom is 0.223 e. The average Bonchev–Trinajstić information content (AvgIpc) is 2.34. The van der Waals surface area contributed by atoms with Crippen molar-refractivity contribution in [3.8, 4) is 5.75 Å². The molecule has 0 atom stereocenters. The molecule has 3 nitrogen and oxygen atoms in total. The summed E-state index contributed by atoms with van der Waals surface area (Å²) in [5, 5.41) is 2.81. The highest BCUT2D eigenvalue weighted by molar-refractivity contribution is 5.75. The Labute approximate surface area is 109 Å². The Kier molecular flexibility index (Phi) is 5.98. The molecule has 18 heavy (non-hydrogen) atoms. The molecule has 0 aromatic heterocycles. The third-order valence-corrected chi connectivity index (χ3v) is 2.60. The monoisotopic (exact) mass is 247 g/mol. The highest BCUT2D eigenvalue weighted by atomic mass is 16.5. The van der Waals surface area contributed by atoms with Gasteiger partial charge in [0.15, 0.2) is 0 Å². The molecule has 0 unspecified atom stereocenters. The van der Waals surface area contributed by atoms with E-state index in [1.54, 1.807) is 6.08 Å². The van der Waals surface area contributed by atoms with E-state index in [9.17, 15) is 4.79 Å². The summed E-state index contributed by atoms with van der Waals surface area (Å²) in [5.41, 5.74) is 2.25. The quantitative estimate of drug-likeness (QED) is 0.594. The van der Waals surface area contributed by atoms with Gasteiger partial charge in [0, 0.05) is 6.54 Å². The zero-order valence-corrected chi connectivity index (χ0v) is 11.2. The van der Waals surface area contributed by atoms with Gasteiger partial charge in [0.05, 0.1) is 13.0 Å². The second kappa shape index (κ2) is 7.54. The van der Waals surface area contributed by atoms with Crippen molar-refractivity contribution in [2.24, 2.45) is 0 Å². The van der Waals surface area contributed by atoms with Gasteiger partial charge in [0.1, 0.15) is 5.75 Å². The van der Waals surface area contributed by atoms with Crippen molar-refractivity contribution >= 4 is 5.91 Å². The van der Waals surface area contributed by atoms with Crippen molar-refractivity contribution in [2.75, 3.05) is 13.2 Å². The number of amides is 1. The molecule has 0 aliphatic heterocycles. The highest BCUT2D eigenvalue weighted by Crippen LogP contribution is 2.19. The van der Waals surface area contributed by atoms with Gasteiger partial charge < -0.3 is 10.1 Å². The fraction of sp³-hybridized carbons (Fsp3) is 0.400. The first-order valence-electron chi connectivity index (χ1n) is 6.21. The van der Waals surface area contributed by atoms with Gasteiger partial charge in [-0.1, -0.05) is 18.2 Å². The van der Waals surface area contributed by atoms with E-state index in [1.165, 1.54) is 0 Å². The number of benzene rings is 1.